The van der Waals surface area contributed by atoms with Crippen LogP contribution >= 0.6 is 12.4 Å². The first-order valence-electron chi connectivity index (χ1n) is 4.60. The van der Waals surface area contributed by atoms with Gasteiger partial charge in [-0.15, -0.1) is 12.4 Å². The predicted molar refractivity (Wildman–Crippen MR) is 54.2 cm³/mol. The topological polar surface area (TPSA) is 52.3 Å². The van der Waals surface area contributed by atoms with Gasteiger partial charge < -0.3 is 10.5 Å². The van der Waals surface area contributed by atoms with Gasteiger partial charge in [-0.05, 0) is 12.8 Å². The van der Waals surface area contributed by atoms with Gasteiger partial charge in [0.25, 0.3) is 0 Å². The molecule has 3 nitrogen and oxygen atoms in total. The van der Waals surface area contributed by atoms with Crippen molar-refractivity contribution in [2.24, 2.45) is 5.73 Å². The molecule has 1 aliphatic rings. The van der Waals surface area contributed by atoms with Crippen LogP contribution in [0.3, 0.4) is 0 Å². The summed E-state index contributed by atoms with van der Waals surface area (Å²) >= 11 is 0. The lowest BCUT2D eigenvalue weighted by Crippen LogP contribution is -2.47. The molecule has 1 saturated carbocycles. The number of rotatable bonds is 2. The van der Waals surface area contributed by atoms with Crippen LogP contribution in [0.25, 0.3) is 0 Å². The summed E-state index contributed by atoms with van der Waals surface area (Å²) in [5, 5.41) is 0. The molecule has 0 radical (unpaired) electrons. The standard InChI is InChI=1S/C9H15F2NO2.ClH/c1-14-7(13)6-8(12)2-4-9(10,11)5-3-8;/h2-6,12H2,1H3;1H. The first-order chi connectivity index (χ1) is 6.37. The van der Waals surface area contributed by atoms with Gasteiger partial charge in [-0.1, -0.05) is 0 Å². The summed E-state index contributed by atoms with van der Waals surface area (Å²) in [6.45, 7) is 0. The molecule has 0 spiro atoms. The van der Waals surface area contributed by atoms with Crippen molar-refractivity contribution in [3.8, 4) is 0 Å². The second-order valence-corrected chi connectivity index (χ2v) is 3.97. The summed E-state index contributed by atoms with van der Waals surface area (Å²) < 4.78 is 30.1. The number of methoxy groups -OCH3 is 1. The Morgan fingerprint density at radius 1 is 1.33 bits per heavy atom. The maximum absolute atomic E-state index is 12.8. The summed E-state index contributed by atoms with van der Waals surface area (Å²) in [5.41, 5.74) is 5.03. The lowest BCUT2D eigenvalue weighted by atomic mass is 9.78. The number of hydrogen-bond acceptors (Lipinski definition) is 3. The zero-order valence-corrected chi connectivity index (χ0v) is 9.41. The fourth-order valence-electron chi connectivity index (χ4n) is 1.65. The van der Waals surface area contributed by atoms with Gasteiger partial charge in [0.15, 0.2) is 0 Å². The van der Waals surface area contributed by atoms with Crippen LogP contribution in [0.15, 0.2) is 0 Å². The van der Waals surface area contributed by atoms with E-state index in [1.54, 1.807) is 0 Å². The molecule has 15 heavy (non-hydrogen) atoms. The van der Waals surface area contributed by atoms with Crippen LogP contribution in [-0.2, 0) is 9.53 Å². The molecule has 0 atom stereocenters. The van der Waals surface area contributed by atoms with Crippen molar-refractivity contribution in [3.05, 3.63) is 0 Å². The summed E-state index contributed by atoms with van der Waals surface area (Å²) in [6, 6.07) is 0. The van der Waals surface area contributed by atoms with Crippen molar-refractivity contribution < 1.29 is 18.3 Å². The van der Waals surface area contributed by atoms with Gasteiger partial charge >= 0.3 is 5.97 Å². The van der Waals surface area contributed by atoms with Gasteiger partial charge in [-0.3, -0.25) is 4.79 Å². The minimum Gasteiger partial charge on any atom is -0.469 e. The van der Waals surface area contributed by atoms with Crippen LogP contribution < -0.4 is 5.73 Å². The maximum Gasteiger partial charge on any atom is 0.307 e. The lowest BCUT2D eigenvalue weighted by molar-refractivity contribution is -0.143. The number of alkyl halides is 2. The van der Waals surface area contributed by atoms with Crippen LogP contribution in [0, 0.1) is 0 Å². The maximum atomic E-state index is 12.8. The first-order valence-corrected chi connectivity index (χ1v) is 4.60. The highest BCUT2D eigenvalue weighted by atomic mass is 35.5. The second-order valence-electron chi connectivity index (χ2n) is 3.97. The van der Waals surface area contributed by atoms with E-state index in [9.17, 15) is 13.6 Å². The van der Waals surface area contributed by atoms with Crippen molar-refractivity contribution in [3.63, 3.8) is 0 Å². The molecule has 0 heterocycles. The van der Waals surface area contributed by atoms with Crippen LogP contribution in [0.2, 0.25) is 0 Å². The number of esters is 1. The summed E-state index contributed by atoms with van der Waals surface area (Å²) in [6.07, 6.45) is -0.0925. The highest BCUT2D eigenvalue weighted by Gasteiger charge is 2.42. The molecule has 0 aromatic rings. The quantitative estimate of drug-likeness (QED) is 0.754. The summed E-state index contributed by atoms with van der Waals surface area (Å²) in [7, 11) is 1.27. The first kappa shape index (κ1) is 14.6. The average Bonchev–Trinajstić information content (AvgIpc) is 2.11. The van der Waals surface area contributed by atoms with Gasteiger partial charge in [-0.25, -0.2) is 8.78 Å². The van der Waals surface area contributed by atoms with E-state index >= 15 is 0 Å². The van der Waals surface area contributed by atoms with Gasteiger partial charge in [0.1, 0.15) is 0 Å². The van der Waals surface area contributed by atoms with E-state index < -0.39 is 17.4 Å². The molecule has 0 aromatic carbocycles. The summed E-state index contributed by atoms with van der Waals surface area (Å²) in [4.78, 5) is 11.0. The molecule has 0 amide bonds. The highest BCUT2D eigenvalue weighted by Crippen LogP contribution is 2.38. The second kappa shape index (κ2) is 5.07. The fourth-order valence-corrected chi connectivity index (χ4v) is 1.65. The monoisotopic (exact) mass is 243 g/mol. The third-order valence-corrected chi connectivity index (χ3v) is 2.70. The van der Waals surface area contributed by atoms with Crippen molar-refractivity contribution in [2.75, 3.05) is 7.11 Å². The zero-order valence-electron chi connectivity index (χ0n) is 8.59. The summed E-state index contributed by atoms with van der Waals surface area (Å²) in [5.74, 6) is -3.04. The Kier molecular flexibility index (Phi) is 4.93. The van der Waals surface area contributed by atoms with Crippen LogP contribution in [0.5, 0.6) is 0 Å². The number of hydrogen-bond donors (Lipinski definition) is 1. The van der Waals surface area contributed by atoms with Gasteiger partial charge in [0.2, 0.25) is 5.92 Å². The minimum absolute atomic E-state index is 0. The Morgan fingerprint density at radius 2 is 1.80 bits per heavy atom. The molecule has 2 N–H and O–H groups in total. The number of nitrogens with two attached hydrogens (primary N) is 1. The number of ether oxygens (including phenoxy) is 1. The van der Waals surface area contributed by atoms with Crippen molar-refractivity contribution in [1.82, 2.24) is 0 Å². The van der Waals surface area contributed by atoms with E-state index in [1.165, 1.54) is 7.11 Å². The van der Waals surface area contributed by atoms with Crippen LogP contribution in [0.1, 0.15) is 32.1 Å². The molecule has 1 rings (SSSR count). The van der Waals surface area contributed by atoms with E-state index in [4.69, 9.17) is 5.73 Å². The Morgan fingerprint density at radius 3 is 2.20 bits per heavy atom. The predicted octanol–water partition coefficient (Wildman–Crippen LogP) is 1.88. The molecule has 6 heteroatoms. The molecular formula is C9H16ClF2NO2. The van der Waals surface area contributed by atoms with Crippen molar-refractivity contribution in [1.29, 1.82) is 0 Å². The van der Waals surface area contributed by atoms with Crippen molar-refractivity contribution in [2.45, 2.75) is 43.6 Å². The normalized spacial score (nSPS) is 22.7. The smallest absolute Gasteiger partial charge is 0.307 e. The molecule has 0 saturated heterocycles. The molecule has 0 aromatic heterocycles. The van der Waals surface area contributed by atoms with Gasteiger partial charge in [-0.2, -0.15) is 0 Å². The van der Waals surface area contributed by atoms with E-state index in [2.05, 4.69) is 4.74 Å². The SMILES string of the molecule is COC(=O)CC1(N)CCC(F)(F)CC1.Cl. The third-order valence-electron chi connectivity index (χ3n) is 2.70. The van der Waals surface area contributed by atoms with E-state index in [-0.39, 0.29) is 44.5 Å². The minimum atomic E-state index is -2.61. The van der Waals surface area contributed by atoms with Crippen LogP contribution in [0.4, 0.5) is 8.78 Å². The van der Waals surface area contributed by atoms with Gasteiger partial charge in [0, 0.05) is 18.4 Å². The van der Waals surface area contributed by atoms with Crippen molar-refractivity contribution >= 4 is 18.4 Å². The highest BCUT2D eigenvalue weighted by molar-refractivity contribution is 5.85. The van der Waals surface area contributed by atoms with E-state index in [1.807, 2.05) is 0 Å². The third kappa shape index (κ3) is 4.30. The number of halogens is 3. The fraction of sp³-hybridized carbons (Fsp3) is 0.889. The van der Waals surface area contributed by atoms with E-state index in [0.29, 0.717) is 0 Å². The molecule has 0 unspecified atom stereocenters. The molecular weight excluding hydrogens is 228 g/mol. The Bertz CT molecular complexity index is 226. The largest absolute Gasteiger partial charge is 0.469 e. The Hall–Kier alpha value is -0.420. The molecule has 0 aliphatic heterocycles. The Labute approximate surface area is 93.8 Å². The molecule has 1 aliphatic carbocycles. The molecule has 0 bridgehead atoms. The Balaban J connectivity index is 0.00000196. The number of carbonyl (C=O) groups is 1. The number of carbonyl (C=O) groups excluding carboxylic acids is 1. The molecule has 90 valence electrons. The zero-order chi connectivity index (χ0) is 10.8. The van der Waals surface area contributed by atoms with Gasteiger partial charge in [0.05, 0.1) is 13.5 Å². The van der Waals surface area contributed by atoms with Crippen LogP contribution in [-0.4, -0.2) is 24.5 Å². The lowest BCUT2D eigenvalue weighted by Gasteiger charge is -2.36. The van der Waals surface area contributed by atoms with E-state index in [0.717, 1.165) is 0 Å². The average molecular weight is 244 g/mol. The molecule has 1 fully saturated rings.